The molecule has 0 aromatic heterocycles. The van der Waals surface area contributed by atoms with Crippen molar-refractivity contribution in [2.45, 2.75) is 50.5 Å². The van der Waals surface area contributed by atoms with Crippen LogP contribution in [0.15, 0.2) is 42.5 Å². The van der Waals surface area contributed by atoms with Gasteiger partial charge in [-0.1, -0.05) is 30.3 Å². The van der Waals surface area contributed by atoms with E-state index in [1.165, 1.54) is 12.1 Å². The number of benzene rings is 2. The number of carbonyl (C=O) groups excluding carboxylic acids is 3. The quantitative estimate of drug-likeness (QED) is 0.618. The van der Waals surface area contributed by atoms with Gasteiger partial charge in [0, 0.05) is 50.1 Å². The predicted octanol–water partition coefficient (Wildman–Crippen LogP) is 4.35. The van der Waals surface area contributed by atoms with Gasteiger partial charge in [0.25, 0.3) is 0 Å². The fraction of sp³-hybridized carbons (Fsp3) is 0.464. The number of piperidine rings is 1. The Bertz CT molecular complexity index is 1150. The maximum absolute atomic E-state index is 14.5. The van der Waals surface area contributed by atoms with E-state index in [1.807, 2.05) is 23.1 Å². The molecule has 0 radical (unpaired) electrons. The Balaban J connectivity index is 1.29. The number of fused-ring (bicyclic) bond motifs is 1. The minimum Gasteiger partial charge on any atom is -0.342 e. The van der Waals surface area contributed by atoms with E-state index in [-0.39, 0.29) is 41.9 Å². The van der Waals surface area contributed by atoms with Gasteiger partial charge in [-0.3, -0.25) is 14.4 Å². The zero-order valence-corrected chi connectivity index (χ0v) is 19.9. The van der Waals surface area contributed by atoms with Crippen molar-refractivity contribution >= 4 is 17.6 Å². The lowest BCUT2D eigenvalue weighted by molar-refractivity contribution is -0.137. The van der Waals surface area contributed by atoms with E-state index in [0.29, 0.717) is 43.5 Å². The minimum absolute atomic E-state index is 0.00966. The number of rotatable bonds is 6. The van der Waals surface area contributed by atoms with E-state index in [1.54, 1.807) is 18.0 Å². The highest BCUT2D eigenvalue weighted by Crippen LogP contribution is 2.37. The molecular weight excluding hydrogens is 450 g/mol. The van der Waals surface area contributed by atoms with E-state index in [2.05, 4.69) is 0 Å². The summed E-state index contributed by atoms with van der Waals surface area (Å²) >= 11 is 0. The Labute approximate surface area is 204 Å². The van der Waals surface area contributed by atoms with Gasteiger partial charge >= 0.3 is 0 Å². The van der Waals surface area contributed by atoms with Gasteiger partial charge in [0.2, 0.25) is 11.8 Å². The first-order chi connectivity index (χ1) is 16.8. The summed E-state index contributed by atoms with van der Waals surface area (Å²) in [6, 6.07) is 10.7. The second-order valence-electron chi connectivity index (χ2n) is 10.2. The molecule has 0 unspecified atom stereocenters. The van der Waals surface area contributed by atoms with Gasteiger partial charge in [0.1, 0.15) is 11.6 Å². The molecule has 3 aliphatic rings. The second-order valence-corrected chi connectivity index (χ2v) is 10.2. The Morgan fingerprint density at radius 3 is 2.46 bits per heavy atom. The van der Waals surface area contributed by atoms with Gasteiger partial charge < -0.3 is 9.80 Å². The lowest BCUT2D eigenvalue weighted by atomic mass is 9.84. The molecule has 5 nitrogen and oxygen atoms in total. The van der Waals surface area contributed by atoms with E-state index < -0.39 is 17.6 Å². The Hall–Kier alpha value is -3.09. The van der Waals surface area contributed by atoms with Gasteiger partial charge in [-0.25, -0.2) is 8.78 Å². The molecule has 7 heteroatoms. The Morgan fingerprint density at radius 1 is 1.06 bits per heavy atom. The van der Waals surface area contributed by atoms with E-state index in [4.69, 9.17) is 0 Å². The number of Topliss-reactive ketones (excluding diaryl/α,β-unsaturated/α-hetero) is 1. The smallest absolute Gasteiger partial charge is 0.230 e. The highest BCUT2D eigenvalue weighted by Gasteiger charge is 2.41. The molecule has 0 spiro atoms. The van der Waals surface area contributed by atoms with Crippen molar-refractivity contribution in [1.29, 1.82) is 0 Å². The largest absolute Gasteiger partial charge is 0.342 e. The fourth-order valence-corrected chi connectivity index (χ4v) is 5.72. The molecule has 2 aromatic rings. The van der Waals surface area contributed by atoms with Crippen LogP contribution >= 0.6 is 0 Å². The lowest BCUT2D eigenvalue weighted by Crippen LogP contribution is -2.49. The molecule has 1 aliphatic heterocycles. The van der Waals surface area contributed by atoms with Crippen molar-refractivity contribution in [3.8, 4) is 0 Å². The molecule has 5 rings (SSSR count). The Morgan fingerprint density at radius 2 is 1.77 bits per heavy atom. The lowest BCUT2D eigenvalue weighted by Gasteiger charge is -2.41. The molecule has 1 saturated heterocycles. The van der Waals surface area contributed by atoms with Crippen LogP contribution in [0.25, 0.3) is 0 Å². The molecule has 0 bridgehead atoms. The summed E-state index contributed by atoms with van der Waals surface area (Å²) in [6.07, 6.45) is 3.66. The number of hydrogen-bond acceptors (Lipinski definition) is 3. The maximum Gasteiger partial charge on any atom is 0.230 e. The molecule has 2 aliphatic carbocycles. The number of hydrogen-bond donors (Lipinski definition) is 0. The van der Waals surface area contributed by atoms with Crippen LogP contribution in [-0.4, -0.2) is 53.6 Å². The van der Waals surface area contributed by atoms with Crippen molar-refractivity contribution in [3.05, 3.63) is 70.8 Å². The highest BCUT2D eigenvalue weighted by atomic mass is 19.1. The number of carbonyl (C=O) groups is 3. The average molecular weight is 481 g/mol. The standard InChI is InChI=1S/C28H30F2N2O3/c1-31(27(34)18-6-7-18)25(14-19-8-9-20(29)15-24(19)30)17-10-12-32(13-11-17)28(35)23-16-26(33)22-5-3-2-4-21(22)23/h2-5,8-9,15,17-18,23,25H,6-7,10-14,16H2,1H3/t23-,25+/m0/s1. The number of halogens is 2. The monoisotopic (exact) mass is 480 g/mol. The van der Waals surface area contributed by atoms with Crippen LogP contribution in [0.2, 0.25) is 0 Å². The summed E-state index contributed by atoms with van der Waals surface area (Å²) < 4.78 is 27.9. The Kier molecular flexibility index (Phi) is 6.43. The van der Waals surface area contributed by atoms with Crippen LogP contribution in [0, 0.1) is 23.5 Å². The first-order valence-electron chi connectivity index (χ1n) is 12.4. The molecule has 2 fully saturated rings. The van der Waals surface area contributed by atoms with Crippen LogP contribution < -0.4 is 0 Å². The summed E-state index contributed by atoms with van der Waals surface area (Å²) in [7, 11) is 1.78. The SMILES string of the molecule is CN(C(=O)C1CC1)[C@H](Cc1ccc(F)cc1F)C1CCN(C(=O)[C@H]2CC(=O)c3ccccc32)CC1. The van der Waals surface area contributed by atoms with Gasteiger partial charge in [-0.2, -0.15) is 0 Å². The van der Waals surface area contributed by atoms with E-state index in [0.717, 1.165) is 24.5 Å². The summed E-state index contributed by atoms with van der Waals surface area (Å²) in [6.45, 7) is 1.06. The van der Waals surface area contributed by atoms with Crippen LogP contribution in [0.3, 0.4) is 0 Å². The molecular formula is C28H30F2N2O3. The van der Waals surface area contributed by atoms with Crippen molar-refractivity contribution in [3.63, 3.8) is 0 Å². The third kappa shape index (κ3) is 4.73. The molecule has 2 amide bonds. The zero-order valence-electron chi connectivity index (χ0n) is 19.9. The fourth-order valence-electron chi connectivity index (χ4n) is 5.72. The molecule has 1 heterocycles. The predicted molar refractivity (Wildman–Crippen MR) is 127 cm³/mol. The molecule has 2 aromatic carbocycles. The topological polar surface area (TPSA) is 57.7 Å². The third-order valence-corrected chi connectivity index (χ3v) is 7.94. The molecule has 184 valence electrons. The number of likely N-dealkylation sites (tertiary alicyclic amines) is 1. The summed E-state index contributed by atoms with van der Waals surface area (Å²) in [5, 5.41) is 0. The van der Waals surface area contributed by atoms with E-state index >= 15 is 0 Å². The van der Waals surface area contributed by atoms with Crippen LogP contribution in [0.5, 0.6) is 0 Å². The van der Waals surface area contributed by atoms with Gasteiger partial charge in [0.15, 0.2) is 5.78 Å². The van der Waals surface area contributed by atoms with Crippen LogP contribution in [0.4, 0.5) is 8.78 Å². The van der Waals surface area contributed by atoms with Crippen molar-refractivity contribution in [1.82, 2.24) is 9.80 Å². The van der Waals surface area contributed by atoms with Crippen LogP contribution in [-0.2, 0) is 16.0 Å². The van der Waals surface area contributed by atoms with Crippen LogP contribution in [0.1, 0.15) is 59.5 Å². The summed E-state index contributed by atoms with van der Waals surface area (Å²) in [4.78, 5) is 42.2. The average Bonchev–Trinajstić information content (AvgIpc) is 3.66. The zero-order chi connectivity index (χ0) is 24.7. The molecule has 0 N–H and O–H groups in total. The van der Waals surface area contributed by atoms with E-state index in [9.17, 15) is 23.2 Å². The first-order valence-corrected chi connectivity index (χ1v) is 12.4. The van der Waals surface area contributed by atoms with Crippen molar-refractivity contribution < 1.29 is 23.2 Å². The number of likely N-dealkylation sites (N-methyl/N-ethyl adjacent to an activating group) is 1. The molecule has 1 saturated carbocycles. The minimum atomic E-state index is -0.621. The normalized spacial score (nSPS) is 21.1. The second kappa shape index (κ2) is 9.51. The summed E-state index contributed by atoms with van der Waals surface area (Å²) in [5.41, 5.74) is 1.85. The van der Waals surface area contributed by atoms with Gasteiger partial charge in [-0.05, 0) is 55.2 Å². The highest BCUT2D eigenvalue weighted by molar-refractivity contribution is 6.06. The van der Waals surface area contributed by atoms with Gasteiger partial charge in [0.05, 0.1) is 5.92 Å². The first kappa shape index (κ1) is 23.6. The molecule has 2 atom stereocenters. The number of amides is 2. The maximum atomic E-state index is 14.5. The van der Waals surface area contributed by atoms with Gasteiger partial charge in [-0.15, -0.1) is 0 Å². The van der Waals surface area contributed by atoms with Crippen molar-refractivity contribution in [2.24, 2.45) is 11.8 Å². The number of nitrogens with zero attached hydrogens (tertiary/aromatic N) is 2. The number of ketones is 1. The van der Waals surface area contributed by atoms with Crippen molar-refractivity contribution in [2.75, 3.05) is 20.1 Å². The third-order valence-electron chi connectivity index (χ3n) is 7.94. The molecule has 35 heavy (non-hydrogen) atoms. The summed E-state index contributed by atoms with van der Waals surface area (Å²) in [5.74, 6) is -1.45.